The van der Waals surface area contributed by atoms with Crippen LogP contribution in [0.3, 0.4) is 0 Å². The first-order valence-corrected chi connectivity index (χ1v) is 5.87. The van der Waals surface area contributed by atoms with E-state index in [4.69, 9.17) is 5.41 Å². The fourth-order valence-electron chi connectivity index (χ4n) is 2.70. The molecule has 3 nitrogen and oxygen atoms in total. The summed E-state index contributed by atoms with van der Waals surface area (Å²) in [6, 6.07) is 0.721. The second kappa shape index (κ2) is 4.30. The number of rotatable bonds is 3. The number of likely N-dealkylation sites (N-methyl/N-ethyl adjacent to an activating group) is 1. The molecule has 1 unspecified atom stereocenters. The third-order valence-corrected chi connectivity index (χ3v) is 3.56. The molecule has 2 heterocycles. The van der Waals surface area contributed by atoms with Crippen LogP contribution in [-0.2, 0) is 0 Å². The Balaban J connectivity index is 1.86. The molecule has 14 heavy (non-hydrogen) atoms. The lowest BCUT2D eigenvalue weighted by Crippen LogP contribution is -2.40. The van der Waals surface area contributed by atoms with E-state index in [0.29, 0.717) is 0 Å². The first kappa shape index (κ1) is 9.97. The van der Waals surface area contributed by atoms with Gasteiger partial charge in [-0.3, -0.25) is 10.3 Å². The molecule has 2 aliphatic rings. The van der Waals surface area contributed by atoms with E-state index in [9.17, 15) is 0 Å². The van der Waals surface area contributed by atoms with Gasteiger partial charge in [-0.05, 0) is 32.4 Å². The predicted octanol–water partition coefficient (Wildman–Crippen LogP) is 1.54. The zero-order valence-corrected chi connectivity index (χ0v) is 9.13. The van der Waals surface area contributed by atoms with E-state index in [2.05, 4.69) is 16.7 Å². The molecular weight excluding hydrogens is 174 g/mol. The van der Waals surface area contributed by atoms with Crippen molar-refractivity contribution in [3.63, 3.8) is 0 Å². The summed E-state index contributed by atoms with van der Waals surface area (Å²) in [5.74, 6) is 0.868. The van der Waals surface area contributed by atoms with Gasteiger partial charge in [0.1, 0.15) is 0 Å². The van der Waals surface area contributed by atoms with Crippen LogP contribution in [0.1, 0.15) is 32.6 Å². The molecule has 2 rings (SSSR count). The van der Waals surface area contributed by atoms with E-state index < -0.39 is 0 Å². The molecule has 0 aromatic carbocycles. The Kier molecular flexibility index (Phi) is 3.06. The highest BCUT2D eigenvalue weighted by molar-refractivity contribution is 5.80. The molecular formula is C11H21N3. The number of hydrogen-bond acceptors (Lipinski definition) is 2. The number of amidine groups is 1. The van der Waals surface area contributed by atoms with Crippen LogP contribution in [0.2, 0.25) is 0 Å². The average Bonchev–Trinajstić information content (AvgIpc) is 2.77. The minimum Gasteiger partial charge on any atom is -0.359 e. The molecule has 80 valence electrons. The van der Waals surface area contributed by atoms with E-state index in [0.717, 1.165) is 31.4 Å². The highest BCUT2D eigenvalue weighted by atomic mass is 15.3. The maximum Gasteiger partial charge on any atom is 0.0958 e. The Bertz CT molecular complexity index is 215. The Morgan fingerprint density at radius 1 is 1.36 bits per heavy atom. The summed E-state index contributed by atoms with van der Waals surface area (Å²) in [5.41, 5.74) is 0. The number of hydrogen-bond donors (Lipinski definition) is 1. The summed E-state index contributed by atoms with van der Waals surface area (Å²) in [6.07, 6.45) is 4.87. The van der Waals surface area contributed by atoms with Crippen molar-refractivity contribution in [2.24, 2.45) is 0 Å². The summed E-state index contributed by atoms with van der Waals surface area (Å²) in [5, 5.41) is 7.80. The quantitative estimate of drug-likeness (QED) is 0.740. The summed E-state index contributed by atoms with van der Waals surface area (Å²) in [7, 11) is 0. The van der Waals surface area contributed by atoms with Crippen LogP contribution in [0.25, 0.3) is 0 Å². The number of nitrogens with zero attached hydrogens (tertiary/aromatic N) is 2. The lowest BCUT2D eigenvalue weighted by molar-refractivity contribution is 0.228. The number of nitrogens with one attached hydrogen (secondary N) is 1. The highest BCUT2D eigenvalue weighted by Crippen LogP contribution is 2.20. The predicted molar refractivity (Wildman–Crippen MR) is 58.8 cm³/mol. The smallest absolute Gasteiger partial charge is 0.0958 e. The van der Waals surface area contributed by atoms with Gasteiger partial charge < -0.3 is 4.90 Å². The topological polar surface area (TPSA) is 30.3 Å². The first-order chi connectivity index (χ1) is 6.81. The summed E-state index contributed by atoms with van der Waals surface area (Å²) in [6.45, 7) is 6.90. The van der Waals surface area contributed by atoms with Crippen LogP contribution < -0.4 is 0 Å². The molecule has 1 atom stereocenters. The first-order valence-electron chi connectivity index (χ1n) is 5.87. The van der Waals surface area contributed by atoms with E-state index in [1.54, 1.807) is 0 Å². The number of likely N-dealkylation sites (tertiary alicyclic amines) is 2. The van der Waals surface area contributed by atoms with Gasteiger partial charge in [-0.1, -0.05) is 6.92 Å². The van der Waals surface area contributed by atoms with Crippen molar-refractivity contribution in [3.05, 3.63) is 0 Å². The zero-order valence-electron chi connectivity index (χ0n) is 9.13. The lowest BCUT2D eigenvalue weighted by Gasteiger charge is -2.28. The molecule has 2 fully saturated rings. The monoisotopic (exact) mass is 195 g/mol. The van der Waals surface area contributed by atoms with Crippen LogP contribution >= 0.6 is 0 Å². The normalized spacial score (nSPS) is 29.1. The zero-order chi connectivity index (χ0) is 9.97. The molecule has 0 bridgehead atoms. The summed E-state index contributed by atoms with van der Waals surface area (Å²) < 4.78 is 0. The van der Waals surface area contributed by atoms with Crippen molar-refractivity contribution >= 4 is 5.84 Å². The molecule has 2 aliphatic heterocycles. The van der Waals surface area contributed by atoms with Gasteiger partial charge in [0.05, 0.1) is 5.84 Å². The van der Waals surface area contributed by atoms with Crippen LogP contribution in [0.5, 0.6) is 0 Å². The lowest BCUT2D eigenvalue weighted by atomic mass is 10.2. The Labute approximate surface area is 86.6 Å². The Morgan fingerprint density at radius 3 is 2.86 bits per heavy atom. The fourth-order valence-corrected chi connectivity index (χ4v) is 2.70. The van der Waals surface area contributed by atoms with Gasteiger partial charge in [0.15, 0.2) is 0 Å². The van der Waals surface area contributed by atoms with Gasteiger partial charge in [0.25, 0.3) is 0 Å². The van der Waals surface area contributed by atoms with Crippen LogP contribution in [0.15, 0.2) is 0 Å². The third kappa shape index (κ3) is 1.92. The van der Waals surface area contributed by atoms with Crippen LogP contribution in [0, 0.1) is 5.41 Å². The van der Waals surface area contributed by atoms with Gasteiger partial charge in [-0.15, -0.1) is 0 Å². The standard InChI is InChI=1S/C11H21N3/c1-2-13-7-3-5-10(13)9-14-8-4-6-11(14)12/h10,12H,2-9H2,1H3. The second-order valence-corrected chi connectivity index (χ2v) is 4.42. The van der Waals surface area contributed by atoms with Gasteiger partial charge in [-0.25, -0.2) is 0 Å². The minimum absolute atomic E-state index is 0.721. The maximum atomic E-state index is 7.80. The van der Waals surface area contributed by atoms with Crippen molar-refractivity contribution in [1.29, 1.82) is 5.41 Å². The Hall–Kier alpha value is -0.570. The van der Waals surface area contributed by atoms with Crippen LogP contribution in [0.4, 0.5) is 0 Å². The summed E-state index contributed by atoms with van der Waals surface area (Å²) in [4.78, 5) is 4.84. The van der Waals surface area contributed by atoms with Crippen molar-refractivity contribution < 1.29 is 0 Å². The molecule has 0 aliphatic carbocycles. The van der Waals surface area contributed by atoms with Gasteiger partial charge in [0, 0.05) is 25.6 Å². The third-order valence-electron chi connectivity index (χ3n) is 3.56. The Morgan fingerprint density at radius 2 is 2.21 bits per heavy atom. The van der Waals surface area contributed by atoms with Crippen LogP contribution in [-0.4, -0.2) is 47.9 Å². The molecule has 2 saturated heterocycles. The highest BCUT2D eigenvalue weighted by Gasteiger charge is 2.27. The van der Waals surface area contributed by atoms with E-state index in [1.165, 1.54) is 32.4 Å². The molecule has 0 aromatic rings. The molecule has 0 saturated carbocycles. The molecule has 3 heteroatoms. The average molecular weight is 195 g/mol. The van der Waals surface area contributed by atoms with E-state index in [1.807, 2.05) is 0 Å². The SMILES string of the molecule is CCN1CCCC1CN1CCCC1=N. The fraction of sp³-hybridized carbons (Fsp3) is 0.909. The van der Waals surface area contributed by atoms with Gasteiger partial charge >= 0.3 is 0 Å². The minimum atomic E-state index is 0.721. The maximum absolute atomic E-state index is 7.80. The molecule has 0 radical (unpaired) electrons. The summed E-state index contributed by atoms with van der Waals surface area (Å²) >= 11 is 0. The molecule has 0 aromatic heterocycles. The van der Waals surface area contributed by atoms with Gasteiger partial charge in [0.2, 0.25) is 0 Å². The second-order valence-electron chi connectivity index (χ2n) is 4.42. The van der Waals surface area contributed by atoms with E-state index in [-0.39, 0.29) is 0 Å². The van der Waals surface area contributed by atoms with Crippen molar-refractivity contribution in [2.75, 3.05) is 26.2 Å². The van der Waals surface area contributed by atoms with Crippen molar-refractivity contribution in [3.8, 4) is 0 Å². The molecule has 0 spiro atoms. The van der Waals surface area contributed by atoms with Crippen molar-refractivity contribution in [2.45, 2.75) is 38.6 Å². The van der Waals surface area contributed by atoms with Crippen molar-refractivity contribution in [1.82, 2.24) is 9.80 Å². The largest absolute Gasteiger partial charge is 0.359 e. The van der Waals surface area contributed by atoms with E-state index >= 15 is 0 Å². The molecule has 0 amide bonds. The van der Waals surface area contributed by atoms with Gasteiger partial charge in [-0.2, -0.15) is 0 Å². The molecule has 1 N–H and O–H groups in total.